The van der Waals surface area contributed by atoms with Gasteiger partial charge in [-0.25, -0.2) is 9.18 Å². The van der Waals surface area contributed by atoms with Crippen LogP contribution >= 0.6 is 0 Å². The Balaban J connectivity index is 1.48. The second kappa shape index (κ2) is 9.03. The highest BCUT2D eigenvalue weighted by Gasteiger charge is 2.32. The second-order valence-electron chi connectivity index (χ2n) is 7.09. The van der Waals surface area contributed by atoms with E-state index >= 15 is 0 Å². The van der Waals surface area contributed by atoms with Crippen LogP contribution in [0.3, 0.4) is 0 Å². The van der Waals surface area contributed by atoms with Gasteiger partial charge in [0.1, 0.15) is 5.82 Å². The summed E-state index contributed by atoms with van der Waals surface area (Å²) in [6.45, 7) is 5.01. The number of likely N-dealkylation sites (tertiary alicyclic amines) is 1. The number of amides is 3. The molecule has 0 aromatic heterocycles. The van der Waals surface area contributed by atoms with Crippen molar-refractivity contribution in [2.24, 2.45) is 5.92 Å². The van der Waals surface area contributed by atoms with E-state index < -0.39 is 5.82 Å². The first-order chi connectivity index (χ1) is 13.5. The number of hydrogen-bond acceptors (Lipinski definition) is 4. The smallest absolute Gasteiger partial charge is 0.409 e. The van der Waals surface area contributed by atoms with Crippen LogP contribution in [0, 0.1) is 11.7 Å². The molecule has 152 valence electrons. The zero-order chi connectivity index (χ0) is 20.1. The number of ether oxygens (including phenoxy) is 1. The van der Waals surface area contributed by atoms with Gasteiger partial charge in [-0.3, -0.25) is 9.59 Å². The Hall–Kier alpha value is -2.64. The number of hydrogen-bond donors (Lipinski definition) is 0. The van der Waals surface area contributed by atoms with Crippen LogP contribution in [0.25, 0.3) is 0 Å². The lowest BCUT2D eigenvalue weighted by molar-refractivity contribution is -0.138. The van der Waals surface area contributed by atoms with Crippen molar-refractivity contribution in [1.29, 1.82) is 0 Å². The van der Waals surface area contributed by atoms with Gasteiger partial charge in [0.25, 0.3) is 5.91 Å². The molecule has 2 fully saturated rings. The van der Waals surface area contributed by atoms with E-state index in [2.05, 4.69) is 0 Å². The Morgan fingerprint density at radius 1 is 1.00 bits per heavy atom. The Morgan fingerprint density at radius 3 is 2.25 bits per heavy atom. The summed E-state index contributed by atoms with van der Waals surface area (Å²) in [6.07, 6.45) is 0.856. The Kier molecular flexibility index (Phi) is 6.49. The first-order valence-electron chi connectivity index (χ1n) is 9.75. The number of benzene rings is 1. The summed E-state index contributed by atoms with van der Waals surface area (Å²) in [6, 6.07) is 5.67. The largest absolute Gasteiger partial charge is 0.450 e. The van der Waals surface area contributed by atoms with Gasteiger partial charge in [-0.15, -0.1) is 0 Å². The Labute approximate surface area is 164 Å². The summed E-state index contributed by atoms with van der Waals surface area (Å²) >= 11 is 0. The molecule has 3 rings (SSSR count). The monoisotopic (exact) mass is 391 g/mol. The van der Waals surface area contributed by atoms with Crippen LogP contribution in [0.1, 0.15) is 30.1 Å². The van der Waals surface area contributed by atoms with Gasteiger partial charge in [-0.05, 0) is 38.0 Å². The van der Waals surface area contributed by atoms with Crippen LogP contribution in [-0.2, 0) is 9.53 Å². The molecule has 7 nitrogen and oxygen atoms in total. The van der Waals surface area contributed by atoms with E-state index in [1.165, 1.54) is 18.2 Å². The number of carbonyl (C=O) groups is 3. The Bertz CT molecular complexity index is 726. The average molecular weight is 391 g/mol. The third-order valence-corrected chi connectivity index (χ3v) is 5.32. The van der Waals surface area contributed by atoms with Crippen LogP contribution in [-0.4, -0.2) is 78.5 Å². The molecule has 1 aromatic carbocycles. The van der Waals surface area contributed by atoms with Gasteiger partial charge >= 0.3 is 6.09 Å². The number of nitrogens with zero attached hydrogens (tertiary/aromatic N) is 3. The first-order valence-corrected chi connectivity index (χ1v) is 9.75. The van der Waals surface area contributed by atoms with Crippen molar-refractivity contribution >= 4 is 17.9 Å². The normalized spacial score (nSPS) is 18.1. The van der Waals surface area contributed by atoms with Crippen LogP contribution < -0.4 is 0 Å². The van der Waals surface area contributed by atoms with Crippen LogP contribution in [0.4, 0.5) is 9.18 Å². The predicted octanol–water partition coefficient (Wildman–Crippen LogP) is 1.98. The molecule has 2 saturated heterocycles. The van der Waals surface area contributed by atoms with Crippen molar-refractivity contribution in [3.63, 3.8) is 0 Å². The fourth-order valence-corrected chi connectivity index (χ4v) is 3.72. The quantitative estimate of drug-likeness (QED) is 0.790. The van der Waals surface area contributed by atoms with Gasteiger partial charge in [0.2, 0.25) is 5.91 Å². The van der Waals surface area contributed by atoms with E-state index in [0.29, 0.717) is 64.3 Å². The fraction of sp³-hybridized carbons (Fsp3) is 0.550. The molecule has 2 heterocycles. The molecule has 28 heavy (non-hydrogen) atoms. The number of piperazine rings is 1. The third kappa shape index (κ3) is 4.61. The maximum atomic E-state index is 13.3. The minimum atomic E-state index is -0.433. The molecule has 0 atom stereocenters. The summed E-state index contributed by atoms with van der Waals surface area (Å²) in [5.41, 5.74) is 0.333. The minimum absolute atomic E-state index is 0.0846. The van der Waals surface area contributed by atoms with Gasteiger partial charge in [0, 0.05) is 50.7 Å². The molecule has 0 N–H and O–H groups in total. The molecule has 0 saturated carbocycles. The predicted molar refractivity (Wildman–Crippen MR) is 100 cm³/mol. The minimum Gasteiger partial charge on any atom is -0.450 e. The molecule has 8 heteroatoms. The van der Waals surface area contributed by atoms with Crippen molar-refractivity contribution in [3.05, 3.63) is 35.6 Å². The lowest BCUT2D eigenvalue weighted by atomic mass is 9.94. The van der Waals surface area contributed by atoms with Gasteiger partial charge < -0.3 is 19.4 Å². The number of piperidine rings is 1. The lowest BCUT2D eigenvalue weighted by Gasteiger charge is -2.38. The molecule has 0 bridgehead atoms. The summed E-state index contributed by atoms with van der Waals surface area (Å²) in [7, 11) is 0. The van der Waals surface area contributed by atoms with Gasteiger partial charge in [-0.2, -0.15) is 0 Å². The molecule has 2 aliphatic rings. The molecule has 0 unspecified atom stereocenters. The zero-order valence-corrected chi connectivity index (χ0v) is 16.1. The summed E-state index contributed by atoms with van der Waals surface area (Å²) < 4.78 is 18.3. The SMILES string of the molecule is CCOC(=O)N1CCN(C(=O)C2CCN(C(=O)c3cccc(F)c3)CC2)CC1. The van der Waals surface area contributed by atoms with Crippen molar-refractivity contribution < 1.29 is 23.5 Å². The van der Waals surface area contributed by atoms with Gasteiger partial charge in [0.05, 0.1) is 6.61 Å². The molecular weight excluding hydrogens is 365 g/mol. The van der Waals surface area contributed by atoms with Crippen LogP contribution in [0.2, 0.25) is 0 Å². The first kappa shape index (κ1) is 20.1. The van der Waals surface area contributed by atoms with Crippen molar-refractivity contribution in [1.82, 2.24) is 14.7 Å². The van der Waals surface area contributed by atoms with Crippen molar-refractivity contribution in [2.75, 3.05) is 45.9 Å². The number of carbonyl (C=O) groups excluding carboxylic acids is 3. The van der Waals surface area contributed by atoms with E-state index in [4.69, 9.17) is 4.74 Å². The average Bonchev–Trinajstić information content (AvgIpc) is 2.73. The highest BCUT2D eigenvalue weighted by atomic mass is 19.1. The number of halogens is 1. The maximum Gasteiger partial charge on any atom is 0.409 e. The van der Waals surface area contributed by atoms with E-state index in [9.17, 15) is 18.8 Å². The second-order valence-corrected chi connectivity index (χ2v) is 7.09. The molecule has 1 aromatic rings. The highest BCUT2D eigenvalue weighted by Crippen LogP contribution is 2.22. The van der Waals surface area contributed by atoms with Crippen molar-refractivity contribution in [3.8, 4) is 0 Å². The molecule has 0 spiro atoms. The van der Waals surface area contributed by atoms with Gasteiger partial charge in [0.15, 0.2) is 0 Å². The Morgan fingerprint density at radius 2 is 1.64 bits per heavy atom. The standard InChI is InChI=1S/C20H26FN3O4/c1-2-28-20(27)24-12-10-23(11-13-24)18(25)15-6-8-22(9-7-15)19(26)16-4-3-5-17(21)14-16/h3-5,14-15H,2,6-13H2,1H3. The lowest BCUT2D eigenvalue weighted by Crippen LogP contribution is -2.53. The molecule has 0 radical (unpaired) electrons. The maximum absolute atomic E-state index is 13.3. The van der Waals surface area contributed by atoms with E-state index in [1.54, 1.807) is 27.7 Å². The fourth-order valence-electron chi connectivity index (χ4n) is 3.72. The summed E-state index contributed by atoms with van der Waals surface area (Å²) in [5.74, 6) is -0.668. The van der Waals surface area contributed by atoms with Crippen molar-refractivity contribution in [2.45, 2.75) is 19.8 Å². The van der Waals surface area contributed by atoms with Gasteiger partial charge in [-0.1, -0.05) is 6.07 Å². The zero-order valence-electron chi connectivity index (χ0n) is 16.1. The summed E-state index contributed by atoms with van der Waals surface area (Å²) in [5, 5.41) is 0. The highest BCUT2D eigenvalue weighted by molar-refractivity contribution is 5.94. The molecule has 2 aliphatic heterocycles. The van der Waals surface area contributed by atoms with Crippen LogP contribution in [0.15, 0.2) is 24.3 Å². The molecule has 0 aliphatic carbocycles. The number of rotatable bonds is 3. The van der Waals surface area contributed by atoms with E-state index in [0.717, 1.165) is 0 Å². The molecule has 3 amide bonds. The topological polar surface area (TPSA) is 70.2 Å². The van der Waals surface area contributed by atoms with Crippen LogP contribution in [0.5, 0.6) is 0 Å². The third-order valence-electron chi connectivity index (χ3n) is 5.32. The summed E-state index contributed by atoms with van der Waals surface area (Å²) in [4.78, 5) is 42.1. The van der Waals surface area contributed by atoms with E-state index in [1.807, 2.05) is 0 Å². The molecular formula is C20H26FN3O4. The van der Waals surface area contributed by atoms with E-state index in [-0.39, 0.29) is 23.8 Å².